The lowest BCUT2D eigenvalue weighted by molar-refractivity contribution is -0.118. The van der Waals surface area contributed by atoms with Gasteiger partial charge in [-0.2, -0.15) is 0 Å². The van der Waals surface area contributed by atoms with Crippen molar-refractivity contribution in [3.63, 3.8) is 0 Å². The van der Waals surface area contributed by atoms with E-state index in [4.69, 9.17) is 0 Å². The fourth-order valence-electron chi connectivity index (χ4n) is 2.94. The van der Waals surface area contributed by atoms with E-state index < -0.39 is 0 Å². The number of carbonyl (C=O) groups is 2. The molecule has 0 spiro atoms. The van der Waals surface area contributed by atoms with Gasteiger partial charge in [-0.1, -0.05) is 18.6 Å². The van der Waals surface area contributed by atoms with E-state index in [0.717, 1.165) is 30.7 Å². The van der Waals surface area contributed by atoms with Crippen molar-refractivity contribution < 1.29 is 9.59 Å². The molecule has 4 heteroatoms. The second-order valence-corrected chi connectivity index (χ2v) is 6.70. The number of Topliss-reactive ketones (excluding diaryl/α,β-unsaturated/α-hetero) is 1. The van der Waals surface area contributed by atoms with Crippen molar-refractivity contribution in [2.75, 3.05) is 17.2 Å². The van der Waals surface area contributed by atoms with Crippen molar-refractivity contribution in [1.82, 2.24) is 0 Å². The summed E-state index contributed by atoms with van der Waals surface area (Å²) in [4.78, 5) is 26.7. The molecule has 0 bridgehead atoms. The first kappa shape index (κ1) is 13.7. The van der Waals surface area contributed by atoms with Gasteiger partial charge in [-0.15, -0.1) is 11.8 Å². The maximum atomic E-state index is 12.8. The van der Waals surface area contributed by atoms with Crippen LogP contribution in [0.4, 0.5) is 5.69 Å². The van der Waals surface area contributed by atoms with Gasteiger partial charge in [0, 0.05) is 18.5 Å². The smallest absolute Gasteiger partial charge is 0.240 e. The molecule has 0 aliphatic carbocycles. The van der Waals surface area contributed by atoms with E-state index in [1.165, 1.54) is 6.42 Å². The van der Waals surface area contributed by atoms with Crippen LogP contribution in [0.5, 0.6) is 0 Å². The molecule has 2 aliphatic rings. The summed E-state index contributed by atoms with van der Waals surface area (Å²) in [6.45, 7) is 0.665. The fraction of sp³-hybridized carbons (Fsp3) is 0.500. The zero-order valence-corrected chi connectivity index (χ0v) is 12.3. The maximum absolute atomic E-state index is 12.8. The maximum Gasteiger partial charge on any atom is 0.240 e. The van der Waals surface area contributed by atoms with Crippen LogP contribution in [0.2, 0.25) is 0 Å². The van der Waals surface area contributed by atoms with Crippen molar-refractivity contribution >= 4 is 29.1 Å². The van der Waals surface area contributed by atoms with E-state index >= 15 is 0 Å². The minimum absolute atomic E-state index is 0.0741. The van der Waals surface area contributed by atoms with E-state index in [1.54, 1.807) is 11.8 Å². The van der Waals surface area contributed by atoms with Gasteiger partial charge in [0.25, 0.3) is 0 Å². The molecular weight excluding hydrogens is 270 g/mol. The van der Waals surface area contributed by atoms with Crippen molar-refractivity contribution in [2.24, 2.45) is 0 Å². The zero-order chi connectivity index (χ0) is 13.9. The van der Waals surface area contributed by atoms with Gasteiger partial charge in [-0.3, -0.25) is 9.59 Å². The summed E-state index contributed by atoms with van der Waals surface area (Å²) < 4.78 is 0. The van der Waals surface area contributed by atoms with Crippen molar-refractivity contribution in [2.45, 2.75) is 37.4 Å². The van der Waals surface area contributed by atoms with Gasteiger partial charge < -0.3 is 4.90 Å². The largest absolute Gasteiger partial charge is 0.311 e. The van der Waals surface area contributed by atoms with Crippen molar-refractivity contribution in [3.8, 4) is 0 Å². The minimum atomic E-state index is 0.0741. The Morgan fingerprint density at radius 3 is 2.85 bits per heavy atom. The third-order valence-corrected chi connectivity index (χ3v) is 5.37. The monoisotopic (exact) mass is 289 g/mol. The number of para-hydroxylation sites is 1. The molecule has 0 radical (unpaired) electrons. The standard InChI is InChI=1S/C16H19NO2S/c18-14-8-5-10-17(13-7-2-1-6-12(13)14)16(19)15-9-3-4-11-20-15/h1-2,6-7,15H,3-5,8-11H2. The fourth-order valence-corrected chi connectivity index (χ4v) is 4.19. The molecule has 1 aromatic rings. The number of fused-ring (bicyclic) bond motifs is 1. The lowest BCUT2D eigenvalue weighted by Crippen LogP contribution is -2.39. The quantitative estimate of drug-likeness (QED) is 0.796. The molecule has 1 amide bonds. The van der Waals surface area contributed by atoms with Gasteiger partial charge in [-0.05, 0) is 37.1 Å². The van der Waals surface area contributed by atoms with Crippen LogP contribution in [-0.4, -0.2) is 29.2 Å². The highest BCUT2D eigenvalue weighted by Crippen LogP contribution is 2.31. The Labute approximate surface area is 123 Å². The predicted octanol–water partition coefficient (Wildman–Crippen LogP) is 3.28. The molecule has 106 valence electrons. The highest BCUT2D eigenvalue weighted by atomic mass is 32.2. The first-order valence-corrected chi connectivity index (χ1v) is 8.37. The van der Waals surface area contributed by atoms with E-state index in [0.29, 0.717) is 18.5 Å². The number of thioether (sulfide) groups is 1. The summed E-state index contributed by atoms with van der Waals surface area (Å²) in [6, 6.07) is 7.53. The molecule has 20 heavy (non-hydrogen) atoms. The average molecular weight is 289 g/mol. The van der Waals surface area contributed by atoms with Crippen LogP contribution >= 0.6 is 11.8 Å². The van der Waals surface area contributed by atoms with Gasteiger partial charge in [0.2, 0.25) is 5.91 Å². The molecule has 3 rings (SSSR count). The molecule has 1 fully saturated rings. The molecule has 3 nitrogen and oxygen atoms in total. The number of ketones is 1. The van der Waals surface area contributed by atoms with Crippen LogP contribution in [-0.2, 0) is 4.79 Å². The molecule has 1 saturated heterocycles. The molecule has 2 heterocycles. The summed E-state index contributed by atoms with van der Waals surface area (Å²) in [7, 11) is 0. The second-order valence-electron chi connectivity index (χ2n) is 5.39. The van der Waals surface area contributed by atoms with Gasteiger partial charge in [-0.25, -0.2) is 0 Å². The molecular formula is C16H19NO2S. The molecule has 1 aromatic carbocycles. The molecule has 2 aliphatic heterocycles. The Bertz CT molecular complexity index is 523. The number of amides is 1. The summed E-state index contributed by atoms with van der Waals surface area (Å²) in [5.41, 5.74) is 1.52. The number of anilines is 1. The van der Waals surface area contributed by atoms with Gasteiger partial charge in [0.05, 0.1) is 10.9 Å². The van der Waals surface area contributed by atoms with Crippen molar-refractivity contribution in [3.05, 3.63) is 29.8 Å². The summed E-state index contributed by atoms with van der Waals surface area (Å²) in [5.74, 6) is 1.43. The normalized spacial score (nSPS) is 23.1. The van der Waals surface area contributed by atoms with Crippen LogP contribution < -0.4 is 4.90 Å². The van der Waals surface area contributed by atoms with E-state index in [2.05, 4.69) is 0 Å². The minimum Gasteiger partial charge on any atom is -0.311 e. The molecule has 0 aromatic heterocycles. The highest BCUT2D eigenvalue weighted by molar-refractivity contribution is 8.00. The number of benzene rings is 1. The van der Waals surface area contributed by atoms with E-state index in [9.17, 15) is 9.59 Å². The Kier molecular flexibility index (Phi) is 4.10. The molecule has 1 atom stereocenters. The van der Waals surface area contributed by atoms with Crippen LogP contribution in [0.3, 0.4) is 0 Å². The lowest BCUT2D eigenvalue weighted by Gasteiger charge is -2.29. The van der Waals surface area contributed by atoms with Gasteiger partial charge >= 0.3 is 0 Å². The number of nitrogens with zero attached hydrogens (tertiary/aromatic N) is 1. The SMILES string of the molecule is O=C1CCCN(C(=O)C2CCCCS2)c2ccccc21. The summed E-state index contributed by atoms with van der Waals surface area (Å²) in [5, 5.41) is 0.0741. The zero-order valence-electron chi connectivity index (χ0n) is 11.5. The Morgan fingerprint density at radius 2 is 2.05 bits per heavy atom. The predicted molar refractivity (Wildman–Crippen MR) is 82.5 cm³/mol. The Hall–Kier alpha value is -1.29. The second kappa shape index (κ2) is 6.00. The van der Waals surface area contributed by atoms with E-state index in [-0.39, 0.29) is 16.9 Å². The van der Waals surface area contributed by atoms with Crippen molar-refractivity contribution in [1.29, 1.82) is 0 Å². The molecule has 0 N–H and O–H groups in total. The number of hydrogen-bond acceptors (Lipinski definition) is 3. The third-order valence-electron chi connectivity index (χ3n) is 4.00. The van der Waals surface area contributed by atoms with E-state index in [1.807, 2.05) is 29.2 Å². The van der Waals surface area contributed by atoms with Crippen LogP contribution in [0, 0.1) is 0 Å². The summed E-state index contributed by atoms with van der Waals surface area (Å²) >= 11 is 1.77. The first-order valence-electron chi connectivity index (χ1n) is 7.32. The average Bonchev–Trinajstić information content (AvgIpc) is 2.67. The lowest BCUT2D eigenvalue weighted by atomic mass is 10.1. The number of carbonyl (C=O) groups excluding carboxylic acids is 2. The molecule has 0 saturated carbocycles. The Morgan fingerprint density at radius 1 is 1.20 bits per heavy atom. The topological polar surface area (TPSA) is 37.4 Å². The summed E-state index contributed by atoms with van der Waals surface area (Å²) in [6.07, 6.45) is 4.62. The number of hydrogen-bond donors (Lipinski definition) is 0. The van der Waals surface area contributed by atoms with Gasteiger partial charge in [0.15, 0.2) is 5.78 Å². The van der Waals surface area contributed by atoms with Crippen LogP contribution in [0.15, 0.2) is 24.3 Å². The molecule has 1 unspecified atom stereocenters. The van der Waals surface area contributed by atoms with Crippen LogP contribution in [0.25, 0.3) is 0 Å². The van der Waals surface area contributed by atoms with Gasteiger partial charge in [0.1, 0.15) is 0 Å². The number of rotatable bonds is 1. The Balaban J connectivity index is 1.90. The highest BCUT2D eigenvalue weighted by Gasteiger charge is 2.30. The van der Waals surface area contributed by atoms with Crippen LogP contribution in [0.1, 0.15) is 42.5 Å². The third kappa shape index (κ3) is 2.62. The first-order chi connectivity index (χ1) is 9.77.